The molecule has 6 nitrogen and oxygen atoms in total. The molecule has 0 saturated carbocycles. The fraction of sp³-hybridized carbons (Fsp3) is 0.286. The molecule has 3 rings (SSSR count). The number of rotatable bonds is 5. The van der Waals surface area contributed by atoms with Gasteiger partial charge >= 0.3 is 12.0 Å². The van der Waals surface area contributed by atoms with Crippen LogP contribution in [-0.2, 0) is 19.9 Å². The van der Waals surface area contributed by atoms with Crippen LogP contribution in [0.15, 0.2) is 48.5 Å². The maximum Gasteiger partial charge on any atom is 0.326 e. The number of imide groups is 1. The van der Waals surface area contributed by atoms with Gasteiger partial charge in [-0.05, 0) is 43.0 Å². The summed E-state index contributed by atoms with van der Waals surface area (Å²) in [6, 6.07) is 14.1. The molecule has 0 aromatic heterocycles. The summed E-state index contributed by atoms with van der Waals surface area (Å²) in [6.45, 7) is 5.38. The van der Waals surface area contributed by atoms with Gasteiger partial charge in [-0.1, -0.05) is 48.5 Å². The third-order valence-electron chi connectivity index (χ3n) is 4.84. The number of hydrogen-bond acceptors (Lipinski definition) is 4. The molecule has 1 fully saturated rings. The van der Waals surface area contributed by atoms with Crippen molar-refractivity contribution in [2.45, 2.75) is 26.3 Å². The van der Waals surface area contributed by atoms with Crippen LogP contribution in [-0.4, -0.2) is 36.0 Å². The molecule has 1 atom stereocenters. The quantitative estimate of drug-likeness (QED) is 0.652. The van der Waals surface area contributed by atoms with Crippen LogP contribution in [0.4, 0.5) is 4.79 Å². The van der Waals surface area contributed by atoms with E-state index in [-0.39, 0.29) is 6.61 Å². The van der Waals surface area contributed by atoms with Crippen molar-refractivity contribution in [3.63, 3.8) is 0 Å². The lowest BCUT2D eigenvalue weighted by Crippen LogP contribution is -2.45. The molecule has 1 aliphatic rings. The Bertz CT molecular complexity index is 894. The smallest absolute Gasteiger partial charge is 0.326 e. The van der Waals surface area contributed by atoms with Crippen LogP contribution in [0.1, 0.15) is 29.2 Å². The number of carbonyl (C=O) groups is 3. The highest BCUT2D eigenvalue weighted by molar-refractivity contribution is 6.11. The lowest BCUT2D eigenvalue weighted by Gasteiger charge is -2.28. The highest BCUT2D eigenvalue weighted by Crippen LogP contribution is 2.36. The number of aryl methyl sites for hydroxylation is 2. The minimum absolute atomic E-state index is 0.184. The van der Waals surface area contributed by atoms with Crippen molar-refractivity contribution >= 4 is 17.9 Å². The minimum Gasteiger partial charge on any atom is -0.465 e. The van der Waals surface area contributed by atoms with Crippen LogP contribution in [0.3, 0.4) is 0 Å². The molecule has 6 heteroatoms. The Balaban J connectivity index is 2.12. The molecule has 0 radical (unpaired) electrons. The first-order valence-electron chi connectivity index (χ1n) is 8.83. The van der Waals surface area contributed by atoms with E-state index in [0.717, 1.165) is 16.0 Å². The molecule has 0 unspecified atom stereocenters. The zero-order valence-electron chi connectivity index (χ0n) is 15.6. The molecule has 1 N–H and O–H groups in total. The predicted octanol–water partition coefficient (Wildman–Crippen LogP) is 2.66. The van der Waals surface area contributed by atoms with E-state index in [9.17, 15) is 14.4 Å². The van der Waals surface area contributed by atoms with Crippen LogP contribution in [0.25, 0.3) is 0 Å². The van der Waals surface area contributed by atoms with Crippen molar-refractivity contribution in [1.82, 2.24) is 10.2 Å². The van der Waals surface area contributed by atoms with Crippen molar-refractivity contribution in [3.8, 4) is 0 Å². The topological polar surface area (TPSA) is 75.7 Å². The molecule has 0 aliphatic carbocycles. The van der Waals surface area contributed by atoms with Gasteiger partial charge in [0.2, 0.25) is 0 Å². The first kappa shape index (κ1) is 18.6. The number of amides is 3. The van der Waals surface area contributed by atoms with Crippen LogP contribution in [0.2, 0.25) is 0 Å². The average molecular weight is 366 g/mol. The molecular formula is C21H22N2O4. The van der Waals surface area contributed by atoms with Crippen molar-refractivity contribution < 1.29 is 19.1 Å². The normalized spacial score (nSPS) is 19.1. The molecule has 2 aromatic rings. The number of benzene rings is 2. The summed E-state index contributed by atoms with van der Waals surface area (Å²) in [4.78, 5) is 38.8. The monoisotopic (exact) mass is 366 g/mol. The highest BCUT2D eigenvalue weighted by atomic mass is 16.5. The first-order valence-corrected chi connectivity index (χ1v) is 8.83. The van der Waals surface area contributed by atoms with Gasteiger partial charge in [0.25, 0.3) is 5.91 Å². The highest BCUT2D eigenvalue weighted by Gasteiger charge is 2.54. The summed E-state index contributed by atoms with van der Waals surface area (Å²) < 4.78 is 4.90. The van der Waals surface area contributed by atoms with Gasteiger partial charge in [0.15, 0.2) is 5.54 Å². The SMILES string of the molecule is CCOC(=O)CN1C(=O)N[C@@](c2ccccc2)(c2ccc(C)c(C)c2)C1=O. The van der Waals surface area contributed by atoms with Crippen molar-refractivity contribution in [2.75, 3.05) is 13.2 Å². The first-order chi connectivity index (χ1) is 12.9. The van der Waals surface area contributed by atoms with E-state index in [1.165, 1.54) is 0 Å². The standard InChI is InChI=1S/C21H22N2O4/c1-4-27-18(24)13-23-19(25)21(22-20(23)26,16-8-6-5-7-9-16)17-11-10-14(2)15(3)12-17/h5-12H,4,13H2,1-3H3,(H,22,26)/t21-/m0/s1. The van der Waals surface area contributed by atoms with Gasteiger partial charge in [0.05, 0.1) is 6.61 Å². The molecule has 0 bridgehead atoms. The van der Waals surface area contributed by atoms with E-state index in [2.05, 4.69) is 5.32 Å². The molecule has 3 amide bonds. The number of nitrogens with one attached hydrogen (secondary N) is 1. The third-order valence-corrected chi connectivity index (χ3v) is 4.84. The number of ether oxygens (including phenoxy) is 1. The fourth-order valence-electron chi connectivity index (χ4n) is 3.28. The predicted molar refractivity (Wildman–Crippen MR) is 100 cm³/mol. The van der Waals surface area contributed by atoms with Gasteiger partial charge in [-0.2, -0.15) is 0 Å². The van der Waals surface area contributed by atoms with Gasteiger partial charge in [0.1, 0.15) is 6.54 Å². The van der Waals surface area contributed by atoms with Crippen molar-refractivity contribution in [3.05, 3.63) is 70.8 Å². The zero-order chi connectivity index (χ0) is 19.6. The Morgan fingerprint density at radius 2 is 1.74 bits per heavy atom. The summed E-state index contributed by atoms with van der Waals surface area (Å²) >= 11 is 0. The van der Waals surface area contributed by atoms with Crippen molar-refractivity contribution in [1.29, 1.82) is 0 Å². The summed E-state index contributed by atoms with van der Waals surface area (Å²) in [5.41, 5.74) is 2.01. The lowest BCUT2D eigenvalue weighted by atomic mass is 9.81. The molecule has 140 valence electrons. The molecule has 1 aliphatic heterocycles. The largest absolute Gasteiger partial charge is 0.465 e. The number of carbonyl (C=O) groups excluding carboxylic acids is 3. The van der Waals surface area contributed by atoms with Gasteiger partial charge in [-0.15, -0.1) is 0 Å². The van der Waals surface area contributed by atoms with E-state index in [0.29, 0.717) is 11.1 Å². The average Bonchev–Trinajstić information content (AvgIpc) is 2.90. The van der Waals surface area contributed by atoms with E-state index in [1.54, 1.807) is 19.1 Å². The van der Waals surface area contributed by atoms with Crippen LogP contribution in [0, 0.1) is 13.8 Å². The maximum atomic E-state index is 13.4. The van der Waals surface area contributed by atoms with E-state index in [1.807, 2.05) is 50.2 Å². The second-order valence-electron chi connectivity index (χ2n) is 6.54. The summed E-state index contributed by atoms with van der Waals surface area (Å²) in [5, 5.41) is 2.82. The Hall–Kier alpha value is -3.15. The molecule has 1 saturated heterocycles. The number of esters is 1. The second kappa shape index (κ2) is 7.23. The van der Waals surface area contributed by atoms with Gasteiger partial charge in [-0.3, -0.25) is 14.5 Å². The molecular weight excluding hydrogens is 344 g/mol. The zero-order valence-corrected chi connectivity index (χ0v) is 15.6. The Labute approximate surface area is 158 Å². The number of nitrogens with zero attached hydrogens (tertiary/aromatic N) is 1. The lowest BCUT2D eigenvalue weighted by molar-refractivity contribution is -0.147. The van der Waals surface area contributed by atoms with Crippen LogP contribution < -0.4 is 5.32 Å². The Kier molecular flexibility index (Phi) is 4.99. The van der Waals surface area contributed by atoms with Gasteiger partial charge in [0, 0.05) is 0 Å². The number of urea groups is 1. The van der Waals surface area contributed by atoms with Gasteiger partial charge < -0.3 is 10.1 Å². The maximum absolute atomic E-state index is 13.4. The second-order valence-corrected chi connectivity index (χ2v) is 6.54. The minimum atomic E-state index is -1.37. The van der Waals surface area contributed by atoms with E-state index in [4.69, 9.17) is 4.74 Å². The molecule has 2 aromatic carbocycles. The molecule has 27 heavy (non-hydrogen) atoms. The molecule has 1 heterocycles. The van der Waals surface area contributed by atoms with E-state index >= 15 is 0 Å². The summed E-state index contributed by atoms with van der Waals surface area (Å²) in [5.74, 6) is -1.11. The van der Waals surface area contributed by atoms with Crippen LogP contribution >= 0.6 is 0 Å². The third kappa shape index (κ3) is 3.18. The molecule has 0 spiro atoms. The summed E-state index contributed by atoms with van der Waals surface area (Å²) in [6.07, 6.45) is 0. The van der Waals surface area contributed by atoms with Gasteiger partial charge in [-0.25, -0.2) is 4.79 Å². The Morgan fingerprint density at radius 3 is 2.37 bits per heavy atom. The fourth-order valence-corrected chi connectivity index (χ4v) is 3.28. The van der Waals surface area contributed by atoms with E-state index < -0.39 is 30.0 Å². The number of hydrogen-bond donors (Lipinski definition) is 1. The van der Waals surface area contributed by atoms with Crippen LogP contribution in [0.5, 0.6) is 0 Å². The van der Waals surface area contributed by atoms with Crippen molar-refractivity contribution in [2.24, 2.45) is 0 Å². The summed E-state index contributed by atoms with van der Waals surface area (Å²) in [7, 11) is 0. The Morgan fingerprint density at radius 1 is 1.04 bits per heavy atom.